The van der Waals surface area contributed by atoms with E-state index in [2.05, 4.69) is 9.69 Å². The number of aromatic nitrogens is 1. The number of nitrogens with zero attached hydrogens (tertiary/aromatic N) is 2. The quantitative estimate of drug-likeness (QED) is 0.848. The van der Waals surface area contributed by atoms with Gasteiger partial charge >= 0.3 is 0 Å². The zero-order chi connectivity index (χ0) is 14.5. The van der Waals surface area contributed by atoms with Crippen molar-refractivity contribution in [1.82, 2.24) is 8.68 Å². The summed E-state index contributed by atoms with van der Waals surface area (Å²) in [6, 6.07) is 0.143. The third-order valence-corrected chi connectivity index (χ3v) is 6.65. The monoisotopic (exact) mass is 318 g/mol. The minimum absolute atomic E-state index is 0.0512. The van der Waals surface area contributed by atoms with Crippen LogP contribution in [0.3, 0.4) is 0 Å². The molecule has 20 heavy (non-hydrogen) atoms. The molecule has 0 amide bonds. The van der Waals surface area contributed by atoms with E-state index in [1.54, 1.807) is 0 Å². The number of nitrogens with one attached hydrogen (secondary N) is 1. The van der Waals surface area contributed by atoms with Gasteiger partial charge in [-0.2, -0.15) is 4.37 Å². The van der Waals surface area contributed by atoms with Gasteiger partial charge in [0, 0.05) is 14.1 Å². The molecule has 1 aromatic rings. The Morgan fingerprint density at radius 2 is 2.20 bits per heavy atom. The van der Waals surface area contributed by atoms with Crippen LogP contribution in [0.5, 0.6) is 0 Å². The molecule has 0 saturated carbocycles. The highest BCUT2D eigenvalue weighted by atomic mass is 32.2. The van der Waals surface area contributed by atoms with Crippen LogP contribution < -0.4 is 11.1 Å². The molecule has 3 heterocycles. The minimum atomic E-state index is -3.60. The van der Waals surface area contributed by atoms with Crippen LogP contribution in [0, 0.1) is 0 Å². The highest BCUT2D eigenvalue weighted by Gasteiger charge is 2.41. The predicted octanol–water partition coefficient (Wildman–Crippen LogP) is 0.707. The normalized spacial score (nSPS) is 29.2. The van der Waals surface area contributed by atoms with Crippen molar-refractivity contribution in [3.8, 4) is 0 Å². The highest BCUT2D eigenvalue weighted by molar-refractivity contribution is 7.89. The molecule has 2 aliphatic heterocycles. The smallest absolute Gasteiger partial charge is 0.249 e. The van der Waals surface area contributed by atoms with E-state index in [0.29, 0.717) is 11.1 Å². The molecule has 0 spiro atoms. The topological polar surface area (TPSA) is 97.6 Å². The van der Waals surface area contributed by atoms with Crippen molar-refractivity contribution in [3.63, 3.8) is 0 Å². The number of nitrogen functional groups attached to an aromatic ring is 1. The van der Waals surface area contributed by atoms with Crippen molar-refractivity contribution in [3.05, 3.63) is 0 Å². The fourth-order valence-corrected chi connectivity index (χ4v) is 4.90. The van der Waals surface area contributed by atoms with Crippen LogP contribution in [0.4, 0.5) is 10.8 Å². The Bertz CT molecular complexity index is 613. The molecule has 0 radical (unpaired) electrons. The third kappa shape index (κ3) is 2.18. The molecule has 3 atom stereocenters. The van der Waals surface area contributed by atoms with Crippen LogP contribution >= 0.6 is 11.5 Å². The summed E-state index contributed by atoms with van der Waals surface area (Å²) in [7, 11) is -0.631. The molecule has 3 rings (SSSR count). The fraction of sp³-hybridized carbons (Fsp3) is 0.727. The number of anilines is 2. The first kappa shape index (κ1) is 14.1. The summed E-state index contributed by atoms with van der Waals surface area (Å²) in [5.41, 5.74) is 5.74. The Morgan fingerprint density at radius 1 is 1.45 bits per heavy atom. The average molecular weight is 318 g/mol. The maximum absolute atomic E-state index is 12.3. The number of ether oxygens (including phenoxy) is 1. The minimum Gasteiger partial charge on any atom is -0.382 e. The molecule has 3 N–H and O–H groups in total. The first-order valence-electron chi connectivity index (χ1n) is 6.49. The molecule has 2 fully saturated rings. The fourth-order valence-electron chi connectivity index (χ4n) is 2.78. The van der Waals surface area contributed by atoms with E-state index in [9.17, 15) is 8.42 Å². The van der Waals surface area contributed by atoms with Crippen LogP contribution in [-0.4, -0.2) is 49.4 Å². The summed E-state index contributed by atoms with van der Waals surface area (Å²) in [4.78, 5) is 0.0790. The molecule has 0 aliphatic carbocycles. The van der Waals surface area contributed by atoms with Gasteiger partial charge in [0.1, 0.15) is 5.00 Å². The first-order valence-corrected chi connectivity index (χ1v) is 8.70. The lowest BCUT2D eigenvalue weighted by Crippen LogP contribution is -2.31. The number of fused-ring (bicyclic) bond motifs is 2. The standard InChI is InChI=1S/C11H18N4O3S2/c1-15(2)20(16,17)9-10(12)14-19-11(9)13-7-5-6-3-4-8(7)18-6/h6-8,13H,3-5H2,1-2H3,(H2,12,14). The van der Waals surface area contributed by atoms with Crippen LogP contribution in [-0.2, 0) is 14.8 Å². The third-order valence-electron chi connectivity index (χ3n) is 3.84. The second-order valence-corrected chi connectivity index (χ2v) is 8.24. The summed E-state index contributed by atoms with van der Waals surface area (Å²) < 4.78 is 35.5. The van der Waals surface area contributed by atoms with E-state index in [-0.39, 0.29) is 22.9 Å². The first-order chi connectivity index (χ1) is 9.39. The van der Waals surface area contributed by atoms with Gasteiger partial charge in [-0.15, -0.1) is 0 Å². The molecular formula is C11H18N4O3S2. The van der Waals surface area contributed by atoms with Gasteiger partial charge in [0.05, 0.1) is 18.2 Å². The van der Waals surface area contributed by atoms with E-state index < -0.39 is 10.0 Å². The van der Waals surface area contributed by atoms with Gasteiger partial charge in [-0.3, -0.25) is 0 Å². The SMILES string of the molecule is CN(C)S(=O)(=O)c1c(N)nsc1NC1CC2CCC1O2. The van der Waals surface area contributed by atoms with Gasteiger partial charge in [0.2, 0.25) is 10.0 Å². The van der Waals surface area contributed by atoms with E-state index >= 15 is 0 Å². The largest absolute Gasteiger partial charge is 0.382 e. The van der Waals surface area contributed by atoms with Gasteiger partial charge < -0.3 is 15.8 Å². The van der Waals surface area contributed by atoms with Crippen molar-refractivity contribution >= 4 is 32.4 Å². The zero-order valence-electron chi connectivity index (χ0n) is 11.4. The lowest BCUT2D eigenvalue weighted by molar-refractivity contribution is 0.102. The second-order valence-electron chi connectivity index (χ2n) is 5.37. The Labute approximate surface area is 122 Å². The van der Waals surface area contributed by atoms with E-state index in [1.165, 1.54) is 14.1 Å². The van der Waals surface area contributed by atoms with E-state index in [1.807, 2.05) is 0 Å². The maximum Gasteiger partial charge on any atom is 0.249 e. The molecule has 7 nitrogen and oxygen atoms in total. The summed E-state index contributed by atoms with van der Waals surface area (Å²) in [6.07, 6.45) is 3.49. The Morgan fingerprint density at radius 3 is 2.75 bits per heavy atom. The molecule has 112 valence electrons. The lowest BCUT2D eigenvalue weighted by Gasteiger charge is -2.21. The lowest BCUT2D eigenvalue weighted by atomic mass is 9.96. The van der Waals surface area contributed by atoms with Crippen LogP contribution in [0.1, 0.15) is 19.3 Å². The molecule has 2 aliphatic rings. The van der Waals surface area contributed by atoms with Gasteiger partial charge in [-0.05, 0) is 30.8 Å². The molecule has 0 aromatic carbocycles. The van der Waals surface area contributed by atoms with Crippen LogP contribution in [0.2, 0.25) is 0 Å². The zero-order valence-corrected chi connectivity index (χ0v) is 13.0. The number of nitrogens with two attached hydrogens (primary N) is 1. The number of hydrogen-bond donors (Lipinski definition) is 2. The van der Waals surface area contributed by atoms with Gasteiger partial charge in [0.25, 0.3) is 0 Å². The van der Waals surface area contributed by atoms with Crippen molar-refractivity contribution < 1.29 is 13.2 Å². The van der Waals surface area contributed by atoms with Crippen molar-refractivity contribution in [2.24, 2.45) is 0 Å². The maximum atomic E-state index is 12.3. The van der Waals surface area contributed by atoms with E-state index in [0.717, 1.165) is 35.1 Å². The summed E-state index contributed by atoms with van der Waals surface area (Å²) in [6.45, 7) is 0. The predicted molar refractivity (Wildman–Crippen MR) is 77.3 cm³/mol. The summed E-state index contributed by atoms with van der Waals surface area (Å²) in [5, 5.41) is 3.78. The van der Waals surface area contributed by atoms with Crippen molar-refractivity contribution in [2.45, 2.75) is 42.4 Å². The Balaban J connectivity index is 1.88. The Hall–Kier alpha value is -0.900. The average Bonchev–Trinajstić information content (AvgIpc) is 3.05. The van der Waals surface area contributed by atoms with Crippen molar-refractivity contribution in [2.75, 3.05) is 25.1 Å². The summed E-state index contributed by atoms with van der Waals surface area (Å²) >= 11 is 1.09. The second kappa shape index (κ2) is 4.83. The summed E-state index contributed by atoms with van der Waals surface area (Å²) in [5.74, 6) is 0.0512. The van der Waals surface area contributed by atoms with Crippen LogP contribution in [0.25, 0.3) is 0 Å². The highest BCUT2D eigenvalue weighted by Crippen LogP contribution is 2.39. The van der Waals surface area contributed by atoms with Crippen LogP contribution in [0.15, 0.2) is 4.90 Å². The molecule has 2 saturated heterocycles. The number of hydrogen-bond acceptors (Lipinski definition) is 7. The van der Waals surface area contributed by atoms with Crippen molar-refractivity contribution in [1.29, 1.82) is 0 Å². The number of rotatable bonds is 4. The molecule has 9 heteroatoms. The molecule has 3 unspecified atom stereocenters. The Kier molecular flexibility index (Phi) is 3.39. The molecule has 1 aromatic heterocycles. The van der Waals surface area contributed by atoms with Gasteiger partial charge in [-0.1, -0.05) is 0 Å². The van der Waals surface area contributed by atoms with Gasteiger partial charge in [-0.25, -0.2) is 12.7 Å². The van der Waals surface area contributed by atoms with E-state index in [4.69, 9.17) is 10.5 Å². The van der Waals surface area contributed by atoms with Gasteiger partial charge in [0.15, 0.2) is 10.7 Å². The molecule has 2 bridgehead atoms. The molecular weight excluding hydrogens is 300 g/mol. The number of sulfonamides is 1.